The van der Waals surface area contributed by atoms with Crippen molar-refractivity contribution in [2.24, 2.45) is 0 Å². The Morgan fingerprint density at radius 2 is 1.55 bits per heavy atom. The van der Waals surface area contributed by atoms with Crippen LogP contribution in [0.15, 0.2) is 72.8 Å². The number of benzene rings is 3. The average Bonchev–Trinajstić information content (AvgIpc) is 3.07. The van der Waals surface area contributed by atoms with Crippen molar-refractivity contribution in [1.82, 2.24) is 4.90 Å². The number of likely N-dealkylation sites (N-methyl/N-ethyl adjacent to an activating group) is 1. The number of fused-ring (bicyclic) bond motifs is 1. The zero-order valence-electron chi connectivity index (χ0n) is 18.3. The van der Waals surface area contributed by atoms with Crippen LogP contribution in [0.1, 0.15) is 42.2 Å². The molecule has 0 aromatic heterocycles. The highest BCUT2D eigenvalue weighted by Gasteiger charge is 2.37. The molecule has 1 aliphatic rings. The number of para-hydroxylation sites is 1. The van der Waals surface area contributed by atoms with E-state index in [1.807, 2.05) is 49.4 Å². The largest absolute Gasteiger partial charge is 0.452 e. The van der Waals surface area contributed by atoms with E-state index in [2.05, 4.69) is 0 Å². The highest BCUT2D eigenvalue weighted by atomic mass is 16.5. The summed E-state index contributed by atoms with van der Waals surface area (Å²) in [5.74, 6) is -2.04. The topological polar surface area (TPSA) is 84.0 Å². The minimum absolute atomic E-state index is 0.0973. The molecule has 0 spiro atoms. The van der Waals surface area contributed by atoms with Gasteiger partial charge >= 0.3 is 5.97 Å². The number of carbonyl (C=O) groups excluding carboxylic acids is 4. The van der Waals surface area contributed by atoms with Gasteiger partial charge < -0.3 is 9.64 Å². The number of aryl methyl sites for hydroxylation is 1. The summed E-state index contributed by atoms with van der Waals surface area (Å²) in [6.45, 7) is 1.77. The van der Waals surface area contributed by atoms with Crippen molar-refractivity contribution < 1.29 is 23.9 Å². The molecular formula is C26H22N2O5. The minimum atomic E-state index is -0.742. The monoisotopic (exact) mass is 442 g/mol. The summed E-state index contributed by atoms with van der Waals surface area (Å²) in [6, 6.07) is 20.7. The zero-order chi connectivity index (χ0) is 23.5. The van der Waals surface area contributed by atoms with E-state index in [-0.39, 0.29) is 22.6 Å². The van der Waals surface area contributed by atoms with Gasteiger partial charge in [-0.05, 0) is 42.3 Å². The van der Waals surface area contributed by atoms with Gasteiger partial charge in [-0.15, -0.1) is 0 Å². The fourth-order valence-corrected chi connectivity index (χ4v) is 3.67. The minimum Gasteiger partial charge on any atom is -0.452 e. The molecule has 0 fully saturated rings. The molecule has 3 amide bonds. The Balaban J connectivity index is 1.44. The maximum absolute atomic E-state index is 13.0. The molecule has 33 heavy (non-hydrogen) atoms. The molecule has 1 aliphatic heterocycles. The maximum Gasteiger partial charge on any atom is 0.338 e. The van der Waals surface area contributed by atoms with Crippen LogP contribution in [-0.4, -0.2) is 42.2 Å². The Morgan fingerprint density at radius 3 is 2.27 bits per heavy atom. The van der Waals surface area contributed by atoms with E-state index in [0.29, 0.717) is 12.2 Å². The Kier molecular flexibility index (Phi) is 6.04. The molecule has 7 nitrogen and oxygen atoms in total. The summed E-state index contributed by atoms with van der Waals surface area (Å²) in [7, 11) is 1.63. The van der Waals surface area contributed by atoms with Crippen molar-refractivity contribution >= 4 is 29.4 Å². The Morgan fingerprint density at radius 1 is 0.879 bits per heavy atom. The first kappa shape index (κ1) is 22.0. The van der Waals surface area contributed by atoms with Crippen molar-refractivity contribution in [2.45, 2.75) is 13.5 Å². The van der Waals surface area contributed by atoms with Crippen LogP contribution in [0.5, 0.6) is 0 Å². The SMILES string of the molecule is Cc1ccccc1N1C(=O)c2ccc(C(=O)OCC(=O)N(C)Cc3ccccc3)cc2C1=O. The molecule has 0 saturated carbocycles. The van der Waals surface area contributed by atoms with Crippen LogP contribution in [0.25, 0.3) is 0 Å². The molecule has 7 heteroatoms. The fraction of sp³-hybridized carbons (Fsp3) is 0.154. The molecule has 0 bridgehead atoms. The number of nitrogens with zero attached hydrogens (tertiary/aromatic N) is 2. The summed E-state index contributed by atoms with van der Waals surface area (Å²) in [5, 5.41) is 0. The highest BCUT2D eigenvalue weighted by Crippen LogP contribution is 2.31. The Hall–Kier alpha value is -4.26. The third-order valence-electron chi connectivity index (χ3n) is 5.49. The van der Waals surface area contributed by atoms with Crippen LogP contribution >= 0.6 is 0 Å². The van der Waals surface area contributed by atoms with Crippen molar-refractivity contribution in [2.75, 3.05) is 18.6 Å². The fourth-order valence-electron chi connectivity index (χ4n) is 3.67. The van der Waals surface area contributed by atoms with Crippen LogP contribution < -0.4 is 4.90 Å². The maximum atomic E-state index is 13.0. The van der Waals surface area contributed by atoms with Crippen LogP contribution in [0.4, 0.5) is 5.69 Å². The van der Waals surface area contributed by atoms with Crippen molar-refractivity contribution in [3.05, 3.63) is 101 Å². The van der Waals surface area contributed by atoms with Gasteiger partial charge in [0.15, 0.2) is 6.61 Å². The summed E-state index contributed by atoms with van der Waals surface area (Å²) in [6.07, 6.45) is 0. The number of hydrogen-bond acceptors (Lipinski definition) is 5. The van der Waals surface area contributed by atoms with Gasteiger partial charge in [-0.2, -0.15) is 0 Å². The lowest BCUT2D eigenvalue weighted by molar-refractivity contribution is -0.133. The molecule has 0 N–H and O–H groups in total. The van der Waals surface area contributed by atoms with E-state index >= 15 is 0 Å². The van der Waals surface area contributed by atoms with Gasteiger partial charge in [0.25, 0.3) is 17.7 Å². The van der Waals surface area contributed by atoms with Gasteiger partial charge in [0.2, 0.25) is 0 Å². The third-order valence-corrected chi connectivity index (χ3v) is 5.49. The molecule has 0 unspecified atom stereocenters. The second kappa shape index (κ2) is 9.08. The van der Waals surface area contributed by atoms with E-state index < -0.39 is 24.4 Å². The highest BCUT2D eigenvalue weighted by molar-refractivity contribution is 6.34. The first-order valence-corrected chi connectivity index (χ1v) is 10.4. The standard InChI is InChI=1S/C26H22N2O5/c1-17-8-6-7-11-22(17)28-24(30)20-13-12-19(14-21(20)25(28)31)26(32)33-16-23(29)27(2)15-18-9-4-3-5-10-18/h3-14H,15-16H2,1-2H3. The molecule has 1 heterocycles. The van der Waals surface area contributed by atoms with Crippen LogP contribution in [-0.2, 0) is 16.1 Å². The summed E-state index contributed by atoms with van der Waals surface area (Å²) >= 11 is 0. The molecule has 3 aromatic carbocycles. The van der Waals surface area contributed by atoms with E-state index in [1.54, 1.807) is 19.2 Å². The van der Waals surface area contributed by atoms with Crippen molar-refractivity contribution in [3.8, 4) is 0 Å². The van der Waals surface area contributed by atoms with Crippen LogP contribution in [0, 0.1) is 6.92 Å². The number of anilines is 1. The van der Waals surface area contributed by atoms with Crippen molar-refractivity contribution in [1.29, 1.82) is 0 Å². The number of imide groups is 1. The van der Waals surface area contributed by atoms with Crippen LogP contribution in [0.3, 0.4) is 0 Å². The Labute approximate surface area is 191 Å². The van der Waals surface area contributed by atoms with Gasteiger partial charge in [-0.25, -0.2) is 9.69 Å². The first-order valence-electron chi connectivity index (χ1n) is 10.4. The lowest BCUT2D eigenvalue weighted by atomic mass is 10.1. The number of amides is 3. The number of esters is 1. The molecule has 0 radical (unpaired) electrons. The molecule has 0 saturated heterocycles. The molecule has 4 rings (SSSR count). The van der Waals surface area contributed by atoms with E-state index in [4.69, 9.17) is 4.74 Å². The molecule has 0 aliphatic carbocycles. The lowest BCUT2D eigenvalue weighted by Gasteiger charge is -2.17. The van der Waals surface area contributed by atoms with Gasteiger partial charge in [0.1, 0.15) is 0 Å². The normalized spacial score (nSPS) is 12.5. The first-order chi connectivity index (χ1) is 15.9. The zero-order valence-corrected chi connectivity index (χ0v) is 18.3. The number of carbonyl (C=O) groups is 4. The van der Waals surface area contributed by atoms with Gasteiger partial charge in [-0.3, -0.25) is 14.4 Å². The second-order valence-corrected chi connectivity index (χ2v) is 7.80. The average molecular weight is 442 g/mol. The molecular weight excluding hydrogens is 420 g/mol. The second-order valence-electron chi connectivity index (χ2n) is 7.80. The van der Waals surface area contributed by atoms with Gasteiger partial charge in [0.05, 0.1) is 22.4 Å². The quantitative estimate of drug-likeness (QED) is 0.430. The lowest BCUT2D eigenvalue weighted by Crippen LogP contribution is -2.30. The smallest absolute Gasteiger partial charge is 0.338 e. The van der Waals surface area contributed by atoms with E-state index in [0.717, 1.165) is 16.0 Å². The predicted molar refractivity (Wildman–Crippen MR) is 122 cm³/mol. The molecule has 0 atom stereocenters. The van der Waals surface area contributed by atoms with Gasteiger partial charge in [-0.1, -0.05) is 48.5 Å². The number of ether oxygens (including phenoxy) is 1. The molecule has 3 aromatic rings. The number of rotatable bonds is 6. The molecule has 166 valence electrons. The predicted octanol–water partition coefficient (Wildman–Crippen LogP) is 3.61. The van der Waals surface area contributed by atoms with Crippen LogP contribution in [0.2, 0.25) is 0 Å². The third kappa shape index (κ3) is 4.39. The van der Waals surface area contributed by atoms with E-state index in [1.165, 1.54) is 23.1 Å². The van der Waals surface area contributed by atoms with Crippen molar-refractivity contribution in [3.63, 3.8) is 0 Å². The summed E-state index contributed by atoms with van der Waals surface area (Å²) in [5.41, 5.74) is 2.69. The number of hydrogen-bond donors (Lipinski definition) is 0. The summed E-state index contributed by atoms with van der Waals surface area (Å²) < 4.78 is 5.16. The summed E-state index contributed by atoms with van der Waals surface area (Å²) in [4.78, 5) is 53.2. The Bertz CT molecular complexity index is 1250. The van der Waals surface area contributed by atoms with Gasteiger partial charge in [0, 0.05) is 13.6 Å². The van der Waals surface area contributed by atoms with E-state index in [9.17, 15) is 19.2 Å².